The van der Waals surface area contributed by atoms with Crippen LogP contribution >= 0.6 is 47.5 Å². The molecule has 6 aliphatic carbocycles. The average Bonchev–Trinajstić information content (AvgIpc) is 1.66. The minimum absolute atomic E-state index is 0. The molecule has 3 heterocycles. The van der Waals surface area contributed by atoms with Gasteiger partial charge in [-0.15, -0.1) is 0 Å². The number of rotatable bonds is 21. The first-order valence-corrected chi connectivity index (χ1v) is 52.1. The molecule has 0 spiro atoms. The Morgan fingerprint density at radius 3 is 0.587 bits per heavy atom. The topological polar surface area (TPSA) is 116 Å². The molecular weight excluding hydrogens is 1540 g/mol. The molecule has 15 rings (SSSR count). The molecule has 0 radical (unpaired) electrons. The number of hydrogen-bond donors (Lipinski definition) is 0. The quantitative estimate of drug-likeness (QED) is 0.0307. The van der Waals surface area contributed by atoms with E-state index in [1.54, 1.807) is 21.1 Å². The molecule has 0 amide bonds. The summed E-state index contributed by atoms with van der Waals surface area (Å²) in [5.41, 5.74) is 7.69. The third kappa shape index (κ3) is 22.9. The van der Waals surface area contributed by atoms with Crippen molar-refractivity contribution < 1.29 is 34.8 Å². The third-order valence-electron chi connectivity index (χ3n) is 26.3. The predicted octanol–water partition coefficient (Wildman–Crippen LogP) is 18.2. The first-order valence-electron chi connectivity index (χ1n) is 42.9. The van der Waals surface area contributed by atoms with Gasteiger partial charge in [-0.3, -0.25) is 15.0 Å². The standard InChI is InChI=1S/3C31H44N2OP2.Rh/c3*1-32-31(34)33-23-30(36(28-18-10-4-11-19-28)29-20-12-5-13-21-29)22-25(33)24-35(26-14-6-2-7-15-26)27-16-8-3-9-17-27;/h3*2-3,6-9,14-17,25,28-30H,4-5,10-13,18-24H2,1H3,(H,32,34);/q;;;+3/p-3/t3*25-,30-;/m000./s1. The van der Waals surface area contributed by atoms with Gasteiger partial charge in [0.25, 0.3) is 0 Å². The molecule has 0 unspecified atom stereocenters. The van der Waals surface area contributed by atoms with Gasteiger partial charge in [0.05, 0.1) is 0 Å². The van der Waals surface area contributed by atoms with Crippen LogP contribution < -0.4 is 47.1 Å². The molecular formula is C93H129N6O3P6Rh. The number of aliphatic imine (C=N–C) groups is 3. The molecule has 16 heteroatoms. The Morgan fingerprint density at radius 1 is 0.266 bits per heavy atom. The Kier molecular flexibility index (Phi) is 34.5. The fraction of sp³-hybridized carbons (Fsp3) is 0.581. The van der Waals surface area contributed by atoms with Gasteiger partial charge in [0, 0.05) is 77.0 Å². The molecule has 9 nitrogen and oxygen atoms in total. The molecule has 9 aliphatic rings. The molecule has 109 heavy (non-hydrogen) atoms. The van der Waals surface area contributed by atoms with Crippen LogP contribution in [0.4, 0.5) is 0 Å². The Morgan fingerprint density at radius 2 is 0.431 bits per heavy atom. The van der Waals surface area contributed by atoms with E-state index in [-0.39, 0.29) is 61.3 Å². The number of amidine groups is 3. The van der Waals surface area contributed by atoms with Crippen molar-refractivity contribution in [1.82, 2.24) is 14.7 Å². The smallest absolute Gasteiger partial charge is 0.846 e. The first kappa shape index (κ1) is 84.7. The Hall–Kier alpha value is -3.67. The summed E-state index contributed by atoms with van der Waals surface area (Å²) in [6, 6.07) is 67.1. The second-order valence-corrected chi connectivity index (χ2v) is 49.1. The zero-order valence-electron chi connectivity index (χ0n) is 66.3. The Bertz CT molecular complexity index is 3080. The summed E-state index contributed by atoms with van der Waals surface area (Å²) in [6.45, 7) is 2.85. The number of likely N-dealkylation sites (tertiary alicyclic amines) is 3. The second kappa shape index (κ2) is 44.4. The maximum atomic E-state index is 13.2. The molecule has 6 aromatic carbocycles. The minimum Gasteiger partial charge on any atom is -0.846 e. The van der Waals surface area contributed by atoms with E-state index in [9.17, 15) is 15.3 Å². The summed E-state index contributed by atoms with van der Waals surface area (Å²) in [5, 5.41) is 48.0. The minimum atomic E-state index is -0.514. The van der Waals surface area contributed by atoms with Crippen LogP contribution in [0.25, 0.3) is 0 Å². The zero-order valence-corrected chi connectivity index (χ0v) is 73.3. The van der Waals surface area contributed by atoms with Crippen LogP contribution in [0.5, 0.6) is 0 Å². The van der Waals surface area contributed by atoms with Crippen LogP contribution in [-0.2, 0) is 19.5 Å². The summed E-state index contributed by atoms with van der Waals surface area (Å²) in [7, 11) is 3.40. The van der Waals surface area contributed by atoms with Crippen molar-refractivity contribution >= 4 is 97.4 Å². The van der Waals surface area contributed by atoms with Gasteiger partial charge in [0.15, 0.2) is 0 Å². The molecule has 0 N–H and O–H groups in total. The van der Waals surface area contributed by atoms with E-state index in [4.69, 9.17) is 0 Å². The van der Waals surface area contributed by atoms with Crippen molar-refractivity contribution in [3.8, 4) is 0 Å². The van der Waals surface area contributed by atoms with Crippen LogP contribution in [0.1, 0.15) is 212 Å². The summed E-state index contributed by atoms with van der Waals surface area (Å²) >= 11 is 0. The van der Waals surface area contributed by atoms with E-state index < -0.39 is 23.8 Å². The molecule has 3 saturated heterocycles. The molecule has 6 aromatic rings. The molecule has 0 aromatic heterocycles. The van der Waals surface area contributed by atoms with Gasteiger partial charge in [-0.25, -0.2) is 0 Å². The van der Waals surface area contributed by atoms with E-state index in [1.807, 2.05) is 0 Å². The summed E-state index contributed by atoms with van der Waals surface area (Å²) in [5.74, 6) is 0. The van der Waals surface area contributed by atoms with E-state index in [2.05, 4.69) is 212 Å². The molecule has 3 aliphatic heterocycles. The molecule has 6 saturated carbocycles. The SMILES string of the molecule is CN=C([O-])N1C[C@@H](P(C2CCCCC2)C2CCCCC2)C[C@H]1CP(c1ccccc1)c1ccccc1.CN=C([O-])N1C[C@@H](P(C2CCCCC2)C2CCCCC2)C[C@H]1CP(c1ccccc1)c1ccccc1.CN=C([O-])N1C[C@@H](P(C2CCCCC2)C2CCCCC2)C[C@H]1CP(c1ccccc1)c1ccccc1.[Rh+3]. The van der Waals surface area contributed by atoms with E-state index in [0.29, 0.717) is 35.1 Å². The van der Waals surface area contributed by atoms with Crippen molar-refractivity contribution in [3.63, 3.8) is 0 Å². The monoisotopic (exact) mass is 1670 g/mol. The van der Waals surface area contributed by atoms with Crippen LogP contribution in [0.2, 0.25) is 0 Å². The maximum Gasteiger partial charge on any atom is 3.00 e. The number of nitrogens with zero attached hydrogens (tertiary/aromatic N) is 6. The molecule has 588 valence electrons. The predicted molar refractivity (Wildman–Crippen MR) is 471 cm³/mol. The van der Waals surface area contributed by atoms with Gasteiger partial charge in [-0.1, -0.05) is 321 Å². The number of hydrogen-bond acceptors (Lipinski definition) is 6. The van der Waals surface area contributed by atoms with Crippen LogP contribution in [0.3, 0.4) is 0 Å². The van der Waals surface area contributed by atoms with Crippen LogP contribution in [0.15, 0.2) is 197 Å². The van der Waals surface area contributed by atoms with Crippen LogP contribution in [-0.4, -0.2) is 161 Å². The van der Waals surface area contributed by atoms with Gasteiger partial charge >= 0.3 is 19.5 Å². The van der Waals surface area contributed by atoms with Crippen LogP contribution in [0, 0.1) is 0 Å². The van der Waals surface area contributed by atoms with E-state index in [1.165, 1.54) is 244 Å². The van der Waals surface area contributed by atoms with Crippen molar-refractivity contribution in [3.05, 3.63) is 182 Å². The van der Waals surface area contributed by atoms with Crippen molar-refractivity contribution in [2.24, 2.45) is 15.0 Å². The van der Waals surface area contributed by atoms with Crippen molar-refractivity contribution in [2.45, 2.75) is 281 Å². The molecule has 9 fully saturated rings. The van der Waals surface area contributed by atoms with Crippen molar-refractivity contribution in [1.29, 1.82) is 0 Å². The van der Waals surface area contributed by atoms with Gasteiger partial charge in [0.1, 0.15) is 0 Å². The van der Waals surface area contributed by atoms with Gasteiger partial charge in [-0.05, 0) is 221 Å². The zero-order chi connectivity index (χ0) is 74.2. The van der Waals surface area contributed by atoms with E-state index in [0.717, 1.165) is 72.1 Å². The Labute approximate surface area is 679 Å². The molecule has 6 atom stereocenters. The number of benzene rings is 6. The van der Waals surface area contributed by atoms with E-state index >= 15 is 0 Å². The second-order valence-electron chi connectivity index (χ2n) is 33.0. The fourth-order valence-electron chi connectivity index (χ4n) is 21.2. The van der Waals surface area contributed by atoms with Gasteiger partial charge in [0.2, 0.25) is 0 Å². The first-order chi connectivity index (χ1) is 53.2. The third-order valence-corrected chi connectivity index (χ3v) is 46.0. The van der Waals surface area contributed by atoms with Gasteiger partial charge < -0.3 is 30.0 Å². The maximum absolute atomic E-state index is 13.2. The largest absolute Gasteiger partial charge is 3.00 e. The average molecular weight is 1670 g/mol. The summed E-state index contributed by atoms with van der Waals surface area (Å²) in [6.07, 6.45) is 49.7. The summed E-state index contributed by atoms with van der Waals surface area (Å²) < 4.78 is 0. The normalized spacial score (nSPS) is 24.4. The fourth-order valence-corrected chi connectivity index (χ4v) is 42.6. The Balaban J connectivity index is 0.000000152. The van der Waals surface area contributed by atoms with Crippen molar-refractivity contribution in [2.75, 3.05) is 59.3 Å². The summed E-state index contributed by atoms with van der Waals surface area (Å²) in [4.78, 5) is 19.2. The molecule has 0 bridgehead atoms. The van der Waals surface area contributed by atoms with Gasteiger partial charge in [-0.2, -0.15) is 0 Å².